The van der Waals surface area contributed by atoms with Crippen molar-refractivity contribution in [1.29, 1.82) is 0 Å². The largest absolute Gasteiger partial charge is 0.424 e. The highest BCUT2D eigenvalue weighted by Crippen LogP contribution is 2.34. The van der Waals surface area contributed by atoms with Gasteiger partial charge in [-0.25, -0.2) is 13.2 Å². The minimum atomic E-state index is -3.87. The van der Waals surface area contributed by atoms with Crippen LogP contribution in [-0.2, 0) is 27.7 Å². The van der Waals surface area contributed by atoms with E-state index in [-0.39, 0.29) is 21.3 Å². The second kappa shape index (κ2) is 7.86. The average Bonchev–Trinajstić information content (AvgIpc) is 3.19. The molecule has 0 unspecified atom stereocenters. The highest BCUT2D eigenvalue weighted by atomic mass is 35.5. The van der Waals surface area contributed by atoms with Gasteiger partial charge in [-0.05, 0) is 49.9 Å². The molecule has 1 aromatic heterocycles. The molecule has 0 radical (unpaired) electrons. The van der Waals surface area contributed by atoms with Gasteiger partial charge < -0.3 is 9.15 Å². The van der Waals surface area contributed by atoms with Crippen LogP contribution in [0, 0.1) is 6.92 Å². The third-order valence-electron chi connectivity index (χ3n) is 4.99. The lowest BCUT2D eigenvalue weighted by Crippen LogP contribution is -2.32. The van der Waals surface area contributed by atoms with Gasteiger partial charge in [0.05, 0.1) is 9.92 Å². The van der Waals surface area contributed by atoms with E-state index >= 15 is 0 Å². The van der Waals surface area contributed by atoms with Crippen molar-refractivity contribution >= 4 is 38.6 Å². The minimum absolute atomic E-state index is 0.00945. The molecule has 1 aliphatic rings. The molecule has 7 nitrogen and oxygen atoms in total. The summed E-state index contributed by atoms with van der Waals surface area (Å²) in [5, 5.41) is 0.882. The lowest BCUT2D eigenvalue weighted by Gasteiger charge is -2.10. The van der Waals surface area contributed by atoms with Crippen molar-refractivity contribution in [3.05, 3.63) is 68.5 Å². The molecule has 0 amide bonds. The third-order valence-corrected chi connectivity index (χ3v) is 6.70. The fraction of sp³-hybridized carbons (Fsp3) is 0.238. The quantitative estimate of drug-likeness (QED) is 0.366. The summed E-state index contributed by atoms with van der Waals surface area (Å²) in [4.78, 5) is 24.4. The molecule has 156 valence electrons. The van der Waals surface area contributed by atoms with Gasteiger partial charge in [-0.1, -0.05) is 29.3 Å². The number of hydrogen-bond donors (Lipinski definition) is 1. The van der Waals surface area contributed by atoms with Gasteiger partial charge >= 0.3 is 11.6 Å². The molecule has 0 saturated heterocycles. The van der Waals surface area contributed by atoms with E-state index in [1.807, 2.05) is 6.92 Å². The Labute approximate surface area is 177 Å². The van der Waals surface area contributed by atoms with E-state index in [0.29, 0.717) is 17.4 Å². The number of ether oxygens (including phenoxy) is 1. The summed E-state index contributed by atoms with van der Waals surface area (Å²) in [6.07, 6.45) is 2.30. The van der Waals surface area contributed by atoms with Crippen molar-refractivity contribution in [2.75, 3.05) is 6.54 Å². The van der Waals surface area contributed by atoms with Crippen LogP contribution in [-0.4, -0.2) is 20.9 Å². The Kier molecular flexibility index (Phi) is 5.40. The molecule has 0 fully saturated rings. The van der Waals surface area contributed by atoms with E-state index in [0.717, 1.165) is 24.0 Å². The smallest absolute Gasteiger partial charge is 0.339 e. The molecule has 1 N–H and O–H groups in total. The number of nitrogens with one attached hydrogen (secondary N) is 1. The van der Waals surface area contributed by atoms with E-state index in [2.05, 4.69) is 4.72 Å². The van der Waals surface area contributed by atoms with Crippen molar-refractivity contribution in [3.63, 3.8) is 0 Å². The molecule has 0 bridgehead atoms. The summed E-state index contributed by atoms with van der Waals surface area (Å²) in [6, 6.07) is 9.19. The van der Waals surface area contributed by atoms with Crippen molar-refractivity contribution in [3.8, 4) is 5.75 Å². The Morgan fingerprint density at radius 1 is 1.17 bits per heavy atom. The highest BCUT2D eigenvalue weighted by Gasteiger charge is 2.22. The van der Waals surface area contributed by atoms with Crippen molar-refractivity contribution in [1.82, 2.24) is 4.72 Å². The Balaban J connectivity index is 1.52. The zero-order chi connectivity index (χ0) is 21.5. The second-order valence-corrected chi connectivity index (χ2v) is 9.26. The minimum Gasteiger partial charge on any atom is -0.424 e. The van der Waals surface area contributed by atoms with Crippen LogP contribution in [0.25, 0.3) is 11.0 Å². The Bertz CT molecular complexity index is 1310. The molecule has 0 aliphatic heterocycles. The van der Waals surface area contributed by atoms with E-state index in [9.17, 15) is 18.0 Å². The van der Waals surface area contributed by atoms with E-state index in [1.165, 1.54) is 18.2 Å². The number of halogens is 1. The molecule has 30 heavy (non-hydrogen) atoms. The molecule has 1 aliphatic carbocycles. The van der Waals surface area contributed by atoms with Gasteiger partial charge in [-0.3, -0.25) is 4.79 Å². The number of carbonyl (C=O) groups excluding carboxylic acids is 1. The summed E-state index contributed by atoms with van der Waals surface area (Å²) >= 11 is 6.25. The Morgan fingerprint density at radius 2 is 1.87 bits per heavy atom. The summed E-state index contributed by atoms with van der Waals surface area (Å²) < 4.78 is 37.3. The SMILES string of the molecule is Cc1ccc(S(=O)(=O)NCC(=O)Oc2cc3oc(=O)c4c(c3cc2Cl)CCC4)cc1. The number of rotatable bonds is 5. The third kappa shape index (κ3) is 3.98. The lowest BCUT2D eigenvalue weighted by atomic mass is 10.1. The van der Waals surface area contributed by atoms with Crippen molar-refractivity contribution in [2.24, 2.45) is 0 Å². The van der Waals surface area contributed by atoms with Gasteiger partial charge in [-0.15, -0.1) is 0 Å². The fourth-order valence-electron chi connectivity index (χ4n) is 3.47. The van der Waals surface area contributed by atoms with Gasteiger partial charge in [0.15, 0.2) is 5.75 Å². The van der Waals surface area contributed by atoms with Crippen LogP contribution in [0.5, 0.6) is 5.75 Å². The zero-order valence-corrected chi connectivity index (χ0v) is 17.6. The van der Waals surface area contributed by atoms with Gasteiger partial charge in [0.1, 0.15) is 12.1 Å². The predicted octanol–water partition coefficient (Wildman–Crippen LogP) is 3.13. The predicted molar refractivity (Wildman–Crippen MR) is 112 cm³/mol. The number of aryl methyl sites for hydroxylation is 2. The number of hydrogen-bond acceptors (Lipinski definition) is 6. The summed E-state index contributed by atoms with van der Waals surface area (Å²) in [7, 11) is -3.87. The first kappa shape index (κ1) is 20.6. The Hall–Kier alpha value is -2.68. The number of carbonyl (C=O) groups is 1. The van der Waals surface area contributed by atoms with Gasteiger partial charge in [0.25, 0.3) is 0 Å². The fourth-order valence-corrected chi connectivity index (χ4v) is 4.65. The normalized spacial score (nSPS) is 13.4. The molecule has 1 heterocycles. The monoisotopic (exact) mass is 447 g/mol. The molecule has 3 aromatic rings. The summed E-state index contributed by atoms with van der Waals surface area (Å²) in [5.74, 6) is -0.861. The van der Waals surface area contributed by atoms with E-state index < -0.39 is 28.2 Å². The van der Waals surface area contributed by atoms with Gasteiger partial charge in [-0.2, -0.15) is 4.72 Å². The first-order valence-corrected chi connectivity index (χ1v) is 11.2. The maximum absolute atomic E-state index is 12.3. The van der Waals surface area contributed by atoms with Crippen LogP contribution in [0.15, 0.2) is 50.5 Å². The molecular formula is C21H18ClNO6S. The van der Waals surface area contributed by atoms with Crippen LogP contribution >= 0.6 is 11.6 Å². The lowest BCUT2D eigenvalue weighted by molar-refractivity contribution is -0.133. The highest BCUT2D eigenvalue weighted by molar-refractivity contribution is 7.89. The average molecular weight is 448 g/mol. The van der Waals surface area contributed by atoms with E-state index in [1.54, 1.807) is 18.2 Å². The standard InChI is InChI=1S/C21H18ClNO6S/c1-12-5-7-13(8-6-12)30(26,27)23-11-20(24)28-19-10-18-16(9-17(19)22)14-3-2-4-15(14)21(25)29-18/h5-10,23H,2-4,11H2,1H3. The Morgan fingerprint density at radius 3 is 2.60 bits per heavy atom. The molecular weight excluding hydrogens is 430 g/mol. The number of benzene rings is 2. The van der Waals surface area contributed by atoms with Crippen LogP contribution in [0.2, 0.25) is 5.02 Å². The zero-order valence-electron chi connectivity index (χ0n) is 16.0. The molecule has 2 aromatic carbocycles. The maximum atomic E-state index is 12.3. The summed E-state index contributed by atoms with van der Waals surface area (Å²) in [5.41, 5.74) is 2.35. The van der Waals surface area contributed by atoms with Crippen LogP contribution in [0.3, 0.4) is 0 Å². The second-order valence-electron chi connectivity index (χ2n) is 7.09. The van der Waals surface area contributed by atoms with Crippen LogP contribution in [0.4, 0.5) is 0 Å². The number of fused-ring (bicyclic) bond motifs is 3. The maximum Gasteiger partial charge on any atom is 0.339 e. The first-order valence-electron chi connectivity index (χ1n) is 9.30. The molecule has 9 heteroatoms. The molecule has 0 atom stereocenters. The van der Waals surface area contributed by atoms with Crippen molar-refractivity contribution in [2.45, 2.75) is 31.1 Å². The molecule has 4 rings (SSSR count). The summed E-state index contributed by atoms with van der Waals surface area (Å²) in [6.45, 7) is 1.25. The van der Waals surface area contributed by atoms with E-state index in [4.69, 9.17) is 20.8 Å². The first-order chi connectivity index (χ1) is 14.2. The van der Waals surface area contributed by atoms with Crippen LogP contribution in [0.1, 0.15) is 23.1 Å². The molecule has 0 saturated carbocycles. The van der Waals surface area contributed by atoms with Gasteiger partial charge in [0.2, 0.25) is 10.0 Å². The topological polar surface area (TPSA) is 103 Å². The van der Waals surface area contributed by atoms with Crippen LogP contribution < -0.4 is 15.1 Å². The van der Waals surface area contributed by atoms with Crippen molar-refractivity contribution < 1.29 is 22.4 Å². The number of esters is 1. The van der Waals surface area contributed by atoms with Gasteiger partial charge in [0, 0.05) is 17.0 Å². The number of sulfonamides is 1. The molecule has 0 spiro atoms.